The topological polar surface area (TPSA) is 88.3 Å². The first-order chi connectivity index (χ1) is 14.6. The molecule has 150 valence electrons. The third kappa shape index (κ3) is 3.36. The molecule has 8 nitrogen and oxygen atoms in total. The van der Waals surface area contributed by atoms with Crippen molar-refractivity contribution in [2.75, 3.05) is 16.8 Å². The summed E-state index contributed by atoms with van der Waals surface area (Å²) in [5.74, 6) is 0.796. The van der Waals surface area contributed by atoms with E-state index in [-0.39, 0.29) is 5.56 Å². The van der Waals surface area contributed by atoms with Gasteiger partial charge in [-0.15, -0.1) is 5.10 Å². The number of pyridine rings is 2. The summed E-state index contributed by atoms with van der Waals surface area (Å²) in [6.07, 6.45) is 7.82. The lowest BCUT2D eigenvalue weighted by molar-refractivity contribution is 0.686. The monoisotopic (exact) mass is 399 g/mol. The first-order valence-corrected chi connectivity index (χ1v) is 9.84. The van der Waals surface area contributed by atoms with Crippen LogP contribution in [-0.4, -0.2) is 31.1 Å². The molecule has 0 bridgehead atoms. The van der Waals surface area contributed by atoms with Crippen molar-refractivity contribution in [2.45, 2.75) is 26.8 Å². The molecule has 0 unspecified atom stereocenters. The van der Waals surface area contributed by atoms with Crippen LogP contribution in [0.2, 0.25) is 0 Å². The maximum atomic E-state index is 12.2. The molecule has 4 aromatic rings. The Labute approximate surface area is 173 Å². The molecule has 1 N–H and O–H groups in total. The van der Waals surface area contributed by atoms with Crippen LogP contribution in [0.3, 0.4) is 0 Å². The summed E-state index contributed by atoms with van der Waals surface area (Å²) >= 11 is 0. The first kappa shape index (κ1) is 18.2. The average Bonchev–Trinajstić information content (AvgIpc) is 2.73. The molecule has 0 radical (unpaired) electrons. The van der Waals surface area contributed by atoms with Gasteiger partial charge in [0.05, 0.1) is 23.8 Å². The number of rotatable bonds is 3. The summed E-state index contributed by atoms with van der Waals surface area (Å²) in [7, 11) is 0. The van der Waals surface area contributed by atoms with E-state index in [4.69, 9.17) is 0 Å². The summed E-state index contributed by atoms with van der Waals surface area (Å²) in [4.78, 5) is 27.5. The standard InChI is InChI=1S/C22H21N7O/c1-14-7-17(11-23-10-14)26-18-9-16-13-28(6-4-19(16)25-12-18)22-15(2)8-20-24-5-3-21(30)29(20)27-22/h3,5,7-12,26H,4,6,13H2,1-2H3. The fourth-order valence-corrected chi connectivity index (χ4v) is 3.82. The van der Waals surface area contributed by atoms with Crippen molar-refractivity contribution < 1.29 is 0 Å². The van der Waals surface area contributed by atoms with Crippen LogP contribution in [0, 0.1) is 13.8 Å². The van der Waals surface area contributed by atoms with Crippen molar-refractivity contribution in [1.29, 1.82) is 0 Å². The summed E-state index contributed by atoms with van der Waals surface area (Å²) in [6, 6.07) is 7.50. The largest absolute Gasteiger partial charge is 0.353 e. The Kier molecular flexibility index (Phi) is 4.39. The lowest BCUT2D eigenvalue weighted by Gasteiger charge is -2.30. The normalized spacial score (nSPS) is 13.3. The van der Waals surface area contributed by atoms with Gasteiger partial charge in [-0.3, -0.25) is 14.8 Å². The maximum absolute atomic E-state index is 12.2. The van der Waals surface area contributed by atoms with Crippen LogP contribution in [0.5, 0.6) is 0 Å². The van der Waals surface area contributed by atoms with Gasteiger partial charge in [-0.25, -0.2) is 4.98 Å². The first-order valence-electron chi connectivity index (χ1n) is 9.84. The molecule has 0 aromatic carbocycles. The molecule has 0 aliphatic carbocycles. The van der Waals surface area contributed by atoms with Gasteiger partial charge < -0.3 is 10.2 Å². The smallest absolute Gasteiger partial charge is 0.274 e. The highest BCUT2D eigenvalue weighted by molar-refractivity contribution is 5.60. The van der Waals surface area contributed by atoms with Gasteiger partial charge in [0, 0.05) is 43.7 Å². The Bertz CT molecular complexity index is 1310. The summed E-state index contributed by atoms with van der Waals surface area (Å²) < 4.78 is 1.36. The molecule has 0 saturated carbocycles. The lowest BCUT2D eigenvalue weighted by atomic mass is 10.0. The van der Waals surface area contributed by atoms with Gasteiger partial charge >= 0.3 is 0 Å². The highest BCUT2D eigenvalue weighted by atomic mass is 16.1. The second-order valence-corrected chi connectivity index (χ2v) is 7.58. The minimum absolute atomic E-state index is 0.182. The molecular weight excluding hydrogens is 378 g/mol. The van der Waals surface area contributed by atoms with E-state index in [0.717, 1.165) is 52.5 Å². The molecule has 1 aliphatic heterocycles. The summed E-state index contributed by atoms with van der Waals surface area (Å²) in [6.45, 7) is 5.49. The zero-order valence-electron chi connectivity index (χ0n) is 16.8. The fourth-order valence-electron chi connectivity index (χ4n) is 3.82. The van der Waals surface area contributed by atoms with Crippen LogP contribution in [0.4, 0.5) is 17.2 Å². The number of hydrogen-bond donors (Lipinski definition) is 1. The molecular formula is C22H21N7O. The van der Waals surface area contributed by atoms with Crippen molar-refractivity contribution in [2.24, 2.45) is 0 Å². The number of fused-ring (bicyclic) bond motifs is 2. The summed E-state index contributed by atoms with van der Waals surface area (Å²) in [5.41, 5.74) is 6.56. The Morgan fingerprint density at radius 1 is 1.03 bits per heavy atom. The molecule has 0 fully saturated rings. The number of nitrogens with one attached hydrogen (secondary N) is 1. The van der Waals surface area contributed by atoms with Crippen LogP contribution in [0.15, 0.2) is 53.8 Å². The van der Waals surface area contributed by atoms with E-state index in [0.29, 0.717) is 12.2 Å². The molecule has 8 heteroatoms. The predicted octanol–water partition coefficient (Wildman–Crippen LogP) is 2.80. The quantitative estimate of drug-likeness (QED) is 0.567. The molecule has 0 spiro atoms. The number of aryl methyl sites for hydroxylation is 2. The van der Waals surface area contributed by atoms with E-state index >= 15 is 0 Å². The third-order valence-corrected chi connectivity index (χ3v) is 5.25. The van der Waals surface area contributed by atoms with E-state index in [2.05, 4.69) is 36.3 Å². The van der Waals surface area contributed by atoms with E-state index < -0.39 is 0 Å². The van der Waals surface area contributed by atoms with Crippen LogP contribution >= 0.6 is 0 Å². The van der Waals surface area contributed by atoms with Gasteiger partial charge in [-0.2, -0.15) is 4.52 Å². The van der Waals surface area contributed by atoms with Gasteiger partial charge in [-0.1, -0.05) is 0 Å². The number of anilines is 3. The Balaban J connectivity index is 1.46. The van der Waals surface area contributed by atoms with Gasteiger partial charge in [0.1, 0.15) is 0 Å². The summed E-state index contributed by atoms with van der Waals surface area (Å²) in [5, 5.41) is 7.97. The van der Waals surface area contributed by atoms with Gasteiger partial charge in [0.15, 0.2) is 11.5 Å². The molecule has 0 atom stereocenters. The zero-order chi connectivity index (χ0) is 20.7. The van der Waals surface area contributed by atoms with Crippen LogP contribution < -0.4 is 15.8 Å². The number of hydrogen-bond acceptors (Lipinski definition) is 7. The van der Waals surface area contributed by atoms with Crippen LogP contribution in [0.25, 0.3) is 5.65 Å². The minimum atomic E-state index is -0.182. The molecule has 4 aromatic heterocycles. The second kappa shape index (κ2) is 7.22. The highest BCUT2D eigenvalue weighted by Crippen LogP contribution is 2.27. The lowest BCUT2D eigenvalue weighted by Crippen LogP contribution is -2.33. The molecule has 1 aliphatic rings. The SMILES string of the molecule is Cc1cncc(Nc2cnc3c(c2)CN(c2nn4c(=O)ccnc4cc2C)CC3)c1. The van der Waals surface area contributed by atoms with Crippen molar-refractivity contribution in [3.8, 4) is 0 Å². The van der Waals surface area contributed by atoms with E-state index in [1.165, 1.54) is 16.8 Å². The minimum Gasteiger partial charge on any atom is -0.353 e. The zero-order valence-corrected chi connectivity index (χ0v) is 16.8. The van der Waals surface area contributed by atoms with Gasteiger partial charge in [0.25, 0.3) is 5.56 Å². The van der Waals surface area contributed by atoms with E-state index in [9.17, 15) is 4.79 Å². The van der Waals surface area contributed by atoms with Gasteiger partial charge in [0.2, 0.25) is 0 Å². The van der Waals surface area contributed by atoms with E-state index in [1.54, 1.807) is 6.20 Å². The molecule has 0 saturated heterocycles. The fraction of sp³-hybridized carbons (Fsp3) is 0.227. The van der Waals surface area contributed by atoms with Crippen molar-refractivity contribution in [3.63, 3.8) is 0 Å². The highest BCUT2D eigenvalue weighted by Gasteiger charge is 2.21. The van der Waals surface area contributed by atoms with Crippen molar-refractivity contribution in [1.82, 2.24) is 24.6 Å². The molecule has 5 rings (SSSR count). The van der Waals surface area contributed by atoms with E-state index in [1.807, 2.05) is 38.4 Å². The van der Waals surface area contributed by atoms with Crippen LogP contribution in [0.1, 0.15) is 22.4 Å². The Morgan fingerprint density at radius 3 is 2.77 bits per heavy atom. The Hall–Kier alpha value is -3.81. The molecule has 5 heterocycles. The predicted molar refractivity (Wildman–Crippen MR) is 115 cm³/mol. The average molecular weight is 399 g/mol. The van der Waals surface area contributed by atoms with Crippen LogP contribution in [-0.2, 0) is 13.0 Å². The van der Waals surface area contributed by atoms with Crippen molar-refractivity contribution in [3.05, 3.63) is 81.8 Å². The number of nitrogens with zero attached hydrogens (tertiary/aromatic N) is 6. The molecule has 0 amide bonds. The maximum Gasteiger partial charge on any atom is 0.274 e. The second-order valence-electron chi connectivity index (χ2n) is 7.58. The van der Waals surface area contributed by atoms with Gasteiger partial charge in [-0.05, 0) is 48.7 Å². The third-order valence-electron chi connectivity index (χ3n) is 5.25. The number of aromatic nitrogens is 5. The van der Waals surface area contributed by atoms with Crippen molar-refractivity contribution >= 4 is 22.8 Å². The Morgan fingerprint density at radius 2 is 1.90 bits per heavy atom. The molecule has 30 heavy (non-hydrogen) atoms.